The summed E-state index contributed by atoms with van der Waals surface area (Å²) in [4.78, 5) is 12.1. The minimum Gasteiger partial charge on any atom is -0.352 e. The number of amides is 1. The molecule has 1 aliphatic carbocycles. The number of benzene rings is 1. The maximum Gasteiger partial charge on any atom is 0.233 e. The molecule has 0 aliphatic heterocycles. The number of thiol groups is 1. The van der Waals surface area contributed by atoms with Crippen molar-refractivity contribution in [3.63, 3.8) is 0 Å². The lowest BCUT2D eigenvalue weighted by atomic mass is 10.1. The molecule has 104 valence electrons. The molecule has 2 rings (SSSR count). The first kappa shape index (κ1) is 14.4. The lowest BCUT2D eigenvalue weighted by molar-refractivity contribution is -0.121. The van der Waals surface area contributed by atoms with Gasteiger partial charge in [0.2, 0.25) is 5.91 Å². The van der Waals surface area contributed by atoms with Crippen LogP contribution in [0.3, 0.4) is 0 Å². The number of carbonyl (C=O) groups is 1. The first-order valence-electron chi connectivity index (χ1n) is 7.28. The van der Waals surface area contributed by atoms with E-state index >= 15 is 0 Å². The Hall–Kier alpha value is -0.960. The Kier molecular flexibility index (Phi) is 5.77. The molecule has 2 nitrogen and oxygen atoms in total. The van der Waals surface area contributed by atoms with Gasteiger partial charge in [-0.1, -0.05) is 56.0 Å². The minimum absolute atomic E-state index is 0.0825. The van der Waals surface area contributed by atoms with Gasteiger partial charge in [-0.3, -0.25) is 4.79 Å². The van der Waals surface area contributed by atoms with Gasteiger partial charge in [0.25, 0.3) is 0 Å². The van der Waals surface area contributed by atoms with Crippen molar-refractivity contribution in [2.45, 2.75) is 56.2 Å². The number of hydrogen-bond acceptors (Lipinski definition) is 2. The average molecular weight is 277 g/mol. The normalized spacial score (nSPS) is 18.6. The van der Waals surface area contributed by atoms with Crippen LogP contribution < -0.4 is 5.32 Å². The van der Waals surface area contributed by atoms with Crippen molar-refractivity contribution in [1.29, 1.82) is 0 Å². The SMILES string of the molecule is O=C(NC1CCCCCC1)C(S)Cc1ccccc1. The maximum absolute atomic E-state index is 12.1. The fourth-order valence-corrected chi connectivity index (χ4v) is 2.94. The summed E-state index contributed by atoms with van der Waals surface area (Å²) >= 11 is 4.45. The lowest BCUT2D eigenvalue weighted by Crippen LogP contribution is -2.40. The fourth-order valence-electron chi connectivity index (χ4n) is 2.65. The van der Waals surface area contributed by atoms with E-state index in [2.05, 4.69) is 17.9 Å². The summed E-state index contributed by atoms with van der Waals surface area (Å²) in [7, 11) is 0. The monoisotopic (exact) mass is 277 g/mol. The quantitative estimate of drug-likeness (QED) is 0.641. The third-order valence-electron chi connectivity index (χ3n) is 3.78. The van der Waals surface area contributed by atoms with Gasteiger partial charge in [0.1, 0.15) is 0 Å². The second kappa shape index (κ2) is 7.59. The summed E-state index contributed by atoms with van der Waals surface area (Å²) < 4.78 is 0. The van der Waals surface area contributed by atoms with E-state index in [1.54, 1.807) is 0 Å². The van der Waals surface area contributed by atoms with Crippen LogP contribution in [0.1, 0.15) is 44.1 Å². The molecule has 1 amide bonds. The van der Waals surface area contributed by atoms with Gasteiger partial charge >= 0.3 is 0 Å². The van der Waals surface area contributed by atoms with Gasteiger partial charge in [0, 0.05) is 6.04 Å². The van der Waals surface area contributed by atoms with Crippen LogP contribution in [-0.4, -0.2) is 17.2 Å². The van der Waals surface area contributed by atoms with Gasteiger partial charge in [-0.2, -0.15) is 12.6 Å². The molecule has 0 spiro atoms. The zero-order valence-corrected chi connectivity index (χ0v) is 12.2. The highest BCUT2D eigenvalue weighted by molar-refractivity contribution is 7.81. The van der Waals surface area contributed by atoms with Crippen LogP contribution in [0.5, 0.6) is 0 Å². The zero-order chi connectivity index (χ0) is 13.5. The molecule has 3 heteroatoms. The Bertz CT molecular complexity index is 385. The molecule has 0 bridgehead atoms. The van der Waals surface area contributed by atoms with Crippen molar-refractivity contribution in [2.75, 3.05) is 0 Å². The van der Waals surface area contributed by atoms with Crippen molar-refractivity contribution in [1.82, 2.24) is 5.32 Å². The Labute approximate surface area is 121 Å². The van der Waals surface area contributed by atoms with Crippen LogP contribution in [0.2, 0.25) is 0 Å². The molecule has 0 saturated heterocycles. The summed E-state index contributed by atoms with van der Waals surface area (Å²) in [5, 5.41) is 2.92. The van der Waals surface area contributed by atoms with E-state index in [1.807, 2.05) is 30.3 Å². The zero-order valence-electron chi connectivity index (χ0n) is 11.3. The second-order valence-electron chi connectivity index (χ2n) is 5.40. The minimum atomic E-state index is -0.245. The third-order valence-corrected chi connectivity index (χ3v) is 4.19. The first-order valence-corrected chi connectivity index (χ1v) is 7.80. The molecule has 1 fully saturated rings. The predicted octanol–water partition coefficient (Wildman–Crippen LogP) is 3.37. The van der Waals surface area contributed by atoms with Gasteiger partial charge in [-0.05, 0) is 24.8 Å². The lowest BCUT2D eigenvalue weighted by Gasteiger charge is -2.19. The van der Waals surface area contributed by atoms with Crippen LogP contribution in [0, 0.1) is 0 Å². The van der Waals surface area contributed by atoms with Gasteiger partial charge in [0.15, 0.2) is 0 Å². The van der Waals surface area contributed by atoms with E-state index in [0.717, 1.165) is 12.8 Å². The number of rotatable bonds is 4. The van der Waals surface area contributed by atoms with Crippen molar-refractivity contribution in [2.24, 2.45) is 0 Å². The van der Waals surface area contributed by atoms with Crippen LogP contribution in [-0.2, 0) is 11.2 Å². The third kappa shape index (κ3) is 4.90. The van der Waals surface area contributed by atoms with Crippen molar-refractivity contribution in [3.05, 3.63) is 35.9 Å². The molecule has 0 radical (unpaired) electrons. The molecule has 0 aromatic heterocycles. The summed E-state index contributed by atoms with van der Waals surface area (Å²) in [5.74, 6) is 0.0825. The molecule has 1 aromatic carbocycles. The number of hydrogen-bond donors (Lipinski definition) is 2. The highest BCUT2D eigenvalue weighted by Gasteiger charge is 2.19. The Morgan fingerprint density at radius 2 is 1.79 bits per heavy atom. The molecular weight excluding hydrogens is 254 g/mol. The molecular formula is C16H23NOS. The van der Waals surface area contributed by atoms with E-state index in [9.17, 15) is 4.79 Å². The molecule has 1 atom stereocenters. The molecule has 1 saturated carbocycles. The largest absolute Gasteiger partial charge is 0.352 e. The van der Waals surface area contributed by atoms with Crippen molar-refractivity contribution < 1.29 is 4.79 Å². The van der Waals surface area contributed by atoms with E-state index in [-0.39, 0.29) is 11.2 Å². The van der Waals surface area contributed by atoms with Crippen molar-refractivity contribution in [3.8, 4) is 0 Å². The second-order valence-corrected chi connectivity index (χ2v) is 6.03. The average Bonchev–Trinajstić information content (AvgIpc) is 2.68. The fraction of sp³-hybridized carbons (Fsp3) is 0.562. The summed E-state index contributed by atoms with van der Waals surface area (Å²) in [6.45, 7) is 0. The molecule has 1 aliphatic rings. The van der Waals surface area contributed by atoms with Crippen LogP contribution in [0.15, 0.2) is 30.3 Å². The maximum atomic E-state index is 12.1. The summed E-state index contributed by atoms with van der Waals surface area (Å²) in [5.41, 5.74) is 1.17. The molecule has 19 heavy (non-hydrogen) atoms. The Balaban J connectivity index is 1.81. The molecule has 1 unspecified atom stereocenters. The highest BCUT2D eigenvalue weighted by Crippen LogP contribution is 2.18. The van der Waals surface area contributed by atoms with Gasteiger partial charge in [-0.25, -0.2) is 0 Å². The summed E-state index contributed by atoms with van der Waals surface area (Å²) in [6.07, 6.45) is 8.03. The molecule has 0 heterocycles. The van der Waals surface area contributed by atoms with Crippen LogP contribution in [0.25, 0.3) is 0 Å². The van der Waals surface area contributed by atoms with Crippen molar-refractivity contribution >= 4 is 18.5 Å². The topological polar surface area (TPSA) is 29.1 Å². The van der Waals surface area contributed by atoms with Gasteiger partial charge < -0.3 is 5.32 Å². The number of nitrogens with one attached hydrogen (secondary N) is 1. The van der Waals surface area contributed by atoms with Gasteiger partial charge in [-0.15, -0.1) is 0 Å². The van der Waals surface area contributed by atoms with E-state index in [1.165, 1.54) is 31.2 Å². The standard InChI is InChI=1S/C16H23NOS/c18-16(17-14-10-6-1-2-7-11-14)15(19)12-13-8-4-3-5-9-13/h3-5,8-9,14-15,19H,1-2,6-7,10-12H2,(H,17,18). The first-order chi connectivity index (χ1) is 9.25. The summed E-state index contributed by atoms with van der Waals surface area (Å²) in [6, 6.07) is 10.4. The Morgan fingerprint density at radius 3 is 2.42 bits per heavy atom. The van der Waals surface area contributed by atoms with E-state index in [0.29, 0.717) is 12.5 Å². The Morgan fingerprint density at radius 1 is 1.16 bits per heavy atom. The highest BCUT2D eigenvalue weighted by atomic mass is 32.1. The molecule has 1 N–H and O–H groups in total. The van der Waals surface area contributed by atoms with E-state index < -0.39 is 0 Å². The molecule has 1 aromatic rings. The predicted molar refractivity (Wildman–Crippen MR) is 82.6 cm³/mol. The van der Waals surface area contributed by atoms with Crippen LogP contribution in [0.4, 0.5) is 0 Å². The van der Waals surface area contributed by atoms with Gasteiger partial charge in [0.05, 0.1) is 5.25 Å². The smallest absolute Gasteiger partial charge is 0.233 e. The van der Waals surface area contributed by atoms with Crippen LogP contribution >= 0.6 is 12.6 Å². The number of carbonyl (C=O) groups excluding carboxylic acids is 1. The van der Waals surface area contributed by atoms with E-state index in [4.69, 9.17) is 0 Å².